The van der Waals surface area contributed by atoms with Crippen molar-refractivity contribution >= 4 is 15.9 Å². The first kappa shape index (κ1) is 11.7. The fourth-order valence-electron chi connectivity index (χ4n) is 1.51. The van der Waals surface area contributed by atoms with Gasteiger partial charge in [-0.2, -0.15) is 0 Å². The second-order valence-corrected chi connectivity index (χ2v) is 4.31. The third-order valence-corrected chi connectivity index (χ3v) is 3.21. The van der Waals surface area contributed by atoms with Crippen molar-refractivity contribution in [1.82, 2.24) is 0 Å². The van der Waals surface area contributed by atoms with Crippen LogP contribution in [0.1, 0.15) is 18.9 Å². The van der Waals surface area contributed by atoms with Crippen LogP contribution in [-0.4, -0.2) is 13.7 Å². The summed E-state index contributed by atoms with van der Waals surface area (Å²) < 4.78 is 6.60. The highest BCUT2D eigenvalue weighted by Gasteiger charge is 2.26. The fraction of sp³-hybridized carbons (Fsp3) is 0.455. The van der Waals surface area contributed by atoms with Gasteiger partial charge in [-0.15, -0.1) is 0 Å². The molecule has 0 spiro atoms. The topological polar surface area (TPSA) is 35.2 Å². The zero-order valence-electron chi connectivity index (χ0n) is 8.59. The van der Waals surface area contributed by atoms with Gasteiger partial charge in [0.25, 0.3) is 0 Å². The first-order valence-corrected chi connectivity index (χ1v) is 5.43. The van der Waals surface area contributed by atoms with E-state index in [-0.39, 0.29) is 5.60 Å². The minimum Gasteiger partial charge on any atom is -0.374 e. The summed E-state index contributed by atoms with van der Waals surface area (Å²) >= 11 is 3.52. The van der Waals surface area contributed by atoms with Crippen molar-refractivity contribution in [2.45, 2.75) is 18.9 Å². The number of nitrogens with two attached hydrogens (primary N) is 1. The SMILES string of the molecule is COC(C)(CCN)c1ccccc1Br. The van der Waals surface area contributed by atoms with Crippen LogP contribution in [0.15, 0.2) is 28.7 Å². The van der Waals surface area contributed by atoms with Crippen LogP contribution in [0.4, 0.5) is 0 Å². The third kappa shape index (κ3) is 2.35. The summed E-state index contributed by atoms with van der Waals surface area (Å²) in [5.74, 6) is 0. The van der Waals surface area contributed by atoms with Crippen molar-refractivity contribution in [2.24, 2.45) is 5.73 Å². The van der Waals surface area contributed by atoms with Crippen molar-refractivity contribution in [2.75, 3.05) is 13.7 Å². The summed E-state index contributed by atoms with van der Waals surface area (Å²) in [6.45, 7) is 2.67. The minimum atomic E-state index is -0.297. The van der Waals surface area contributed by atoms with Crippen molar-refractivity contribution in [3.63, 3.8) is 0 Å². The number of hydrogen-bond acceptors (Lipinski definition) is 2. The second kappa shape index (κ2) is 4.91. The molecule has 1 unspecified atom stereocenters. The highest BCUT2D eigenvalue weighted by molar-refractivity contribution is 9.10. The largest absolute Gasteiger partial charge is 0.374 e. The maximum Gasteiger partial charge on any atom is 0.0922 e. The van der Waals surface area contributed by atoms with Gasteiger partial charge in [0.2, 0.25) is 0 Å². The summed E-state index contributed by atoms with van der Waals surface area (Å²) in [5.41, 5.74) is 6.43. The van der Waals surface area contributed by atoms with Crippen molar-refractivity contribution < 1.29 is 4.74 Å². The van der Waals surface area contributed by atoms with Gasteiger partial charge in [0.15, 0.2) is 0 Å². The average Bonchev–Trinajstić information content (AvgIpc) is 2.18. The van der Waals surface area contributed by atoms with E-state index in [0.29, 0.717) is 6.54 Å². The Labute approximate surface area is 93.6 Å². The zero-order valence-corrected chi connectivity index (χ0v) is 10.2. The smallest absolute Gasteiger partial charge is 0.0922 e. The van der Waals surface area contributed by atoms with Crippen LogP contribution in [0.2, 0.25) is 0 Å². The van der Waals surface area contributed by atoms with Gasteiger partial charge in [-0.25, -0.2) is 0 Å². The molecule has 0 bridgehead atoms. The van der Waals surface area contributed by atoms with Crippen LogP contribution < -0.4 is 5.73 Å². The molecule has 0 aliphatic heterocycles. The van der Waals surface area contributed by atoms with E-state index in [0.717, 1.165) is 16.5 Å². The van der Waals surface area contributed by atoms with Gasteiger partial charge >= 0.3 is 0 Å². The molecule has 1 rings (SSSR count). The van der Waals surface area contributed by atoms with E-state index < -0.39 is 0 Å². The normalized spacial score (nSPS) is 15.1. The van der Waals surface area contributed by atoms with E-state index in [1.807, 2.05) is 18.2 Å². The number of hydrogen-bond donors (Lipinski definition) is 1. The maximum atomic E-state index is 5.58. The highest BCUT2D eigenvalue weighted by atomic mass is 79.9. The average molecular weight is 258 g/mol. The lowest BCUT2D eigenvalue weighted by atomic mass is 9.92. The van der Waals surface area contributed by atoms with Gasteiger partial charge < -0.3 is 10.5 Å². The molecule has 1 atom stereocenters. The fourth-order valence-corrected chi connectivity index (χ4v) is 2.22. The summed E-state index contributed by atoms with van der Waals surface area (Å²) in [6, 6.07) is 8.08. The second-order valence-electron chi connectivity index (χ2n) is 3.45. The number of methoxy groups -OCH3 is 1. The molecule has 0 radical (unpaired) electrons. The van der Waals surface area contributed by atoms with Crippen LogP contribution in [0.3, 0.4) is 0 Å². The Morgan fingerprint density at radius 1 is 1.43 bits per heavy atom. The highest BCUT2D eigenvalue weighted by Crippen LogP contribution is 2.33. The molecule has 2 N–H and O–H groups in total. The molecule has 3 heteroatoms. The predicted octanol–water partition coefficient (Wildman–Crippen LogP) is 2.66. The van der Waals surface area contributed by atoms with E-state index in [9.17, 15) is 0 Å². The van der Waals surface area contributed by atoms with E-state index in [2.05, 4.69) is 28.9 Å². The third-order valence-electron chi connectivity index (χ3n) is 2.52. The zero-order chi connectivity index (χ0) is 10.6. The number of ether oxygens (including phenoxy) is 1. The van der Waals surface area contributed by atoms with Gasteiger partial charge in [0, 0.05) is 11.6 Å². The molecular weight excluding hydrogens is 242 g/mol. The number of halogens is 1. The molecule has 2 nitrogen and oxygen atoms in total. The minimum absolute atomic E-state index is 0.297. The molecule has 1 aromatic carbocycles. The standard InChI is InChI=1S/C11H16BrNO/c1-11(14-2,7-8-13)9-5-3-4-6-10(9)12/h3-6H,7-8,13H2,1-2H3. The van der Waals surface area contributed by atoms with Crippen LogP contribution in [-0.2, 0) is 10.3 Å². The van der Waals surface area contributed by atoms with E-state index in [1.54, 1.807) is 7.11 Å². The summed E-state index contributed by atoms with van der Waals surface area (Å²) in [4.78, 5) is 0. The monoisotopic (exact) mass is 257 g/mol. The lowest BCUT2D eigenvalue weighted by Crippen LogP contribution is -2.28. The number of rotatable bonds is 4. The van der Waals surface area contributed by atoms with Crippen LogP contribution in [0.25, 0.3) is 0 Å². The predicted molar refractivity (Wildman–Crippen MR) is 62.2 cm³/mol. The Bertz CT molecular complexity index is 303. The van der Waals surface area contributed by atoms with Gasteiger partial charge in [-0.1, -0.05) is 34.1 Å². The number of benzene rings is 1. The van der Waals surface area contributed by atoms with Crippen molar-refractivity contribution in [3.8, 4) is 0 Å². The summed E-state index contributed by atoms with van der Waals surface area (Å²) in [7, 11) is 1.72. The molecule has 14 heavy (non-hydrogen) atoms. The quantitative estimate of drug-likeness (QED) is 0.901. The molecule has 0 amide bonds. The Kier molecular flexibility index (Phi) is 4.11. The van der Waals surface area contributed by atoms with Crippen LogP contribution in [0, 0.1) is 0 Å². The molecule has 0 aliphatic rings. The van der Waals surface area contributed by atoms with Crippen molar-refractivity contribution in [3.05, 3.63) is 34.3 Å². The molecular formula is C11H16BrNO. The van der Waals surface area contributed by atoms with Gasteiger partial charge in [0.1, 0.15) is 0 Å². The molecule has 1 aromatic rings. The molecule has 78 valence electrons. The van der Waals surface area contributed by atoms with Gasteiger partial charge in [-0.3, -0.25) is 0 Å². The lowest BCUT2D eigenvalue weighted by Gasteiger charge is -2.29. The molecule has 0 fully saturated rings. The molecule has 0 aliphatic carbocycles. The van der Waals surface area contributed by atoms with Gasteiger partial charge in [0.05, 0.1) is 5.60 Å². The van der Waals surface area contributed by atoms with Crippen LogP contribution >= 0.6 is 15.9 Å². The molecule has 0 aromatic heterocycles. The van der Waals surface area contributed by atoms with E-state index in [1.165, 1.54) is 0 Å². The van der Waals surface area contributed by atoms with E-state index in [4.69, 9.17) is 10.5 Å². The first-order valence-electron chi connectivity index (χ1n) is 4.64. The van der Waals surface area contributed by atoms with Crippen molar-refractivity contribution in [1.29, 1.82) is 0 Å². The molecule has 0 heterocycles. The maximum absolute atomic E-state index is 5.58. The van der Waals surface area contributed by atoms with E-state index >= 15 is 0 Å². The Morgan fingerprint density at radius 3 is 2.57 bits per heavy atom. The Hall–Kier alpha value is -0.380. The Morgan fingerprint density at radius 2 is 2.07 bits per heavy atom. The lowest BCUT2D eigenvalue weighted by molar-refractivity contribution is -0.00398. The first-order chi connectivity index (χ1) is 6.64. The Balaban J connectivity index is 3.05. The molecule has 0 saturated carbocycles. The molecule has 0 saturated heterocycles. The van der Waals surface area contributed by atoms with Crippen LogP contribution in [0.5, 0.6) is 0 Å². The summed E-state index contributed by atoms with van der Waals surface area (Å²) in [6.07, 6.45) is 0.812. The summed E-state index contributed by atoms with van der Waals surface area (Å²) in [5, 5.41) is 0. The van der Waals surface area contributed by atoms with Gasteiger partial charge in [-0.05, 0) is 31.5 Å².